The fourth-order valence-electron chi connectivity index (χ4n) is 6.18. The Kier molecular flexibility index (Phi) is 6.31. The van der Waals surface area contributed by atoms with Crippen LogP contribution in [0.1, 0.15) is 0 Å². The molecule has 0 saturated carbocycles. The summed E-state index contributed by atoms with van der Waals surface area (Å²) >= 11 is 3.54. The second-order valence-corrected chi connectivity index (χ2v) is 11.5. The maximum Gasteiger partial charge on any atom is 0.106 e. The van der Waals surface area contributed by atoms with E-state index in [0.717, 1.165) is 38.4 Å². The lowest BCUT2D eigenvalue weighted by molar-refractivity contribution is 1.22. The van der Waals surface area contributed by atoms with Gasteiger partial charge in [-0.1, -0.05) is 121 Å². The number of pyridine rings is 2. The normalized spacial score (nSPS) is 11.4. The van der Waals surface area contributed by atoms with Crippen molar-refractivity contribution in [2.24, 2.45) is 0 Å². The van der Waals surface area contributed by atoms with E-state index in [9.17, 15) is 0 Å². The molecule has 0 spiro atoms. The van der Waals surface area contributed by atoms with Gasteiger partial charge in [0.1, 0.15) is 4.60 Å². The predicted octanol–water partition coefficient (Wildman–Crippen LogP) is 11.2. The molecule has 3 heteroatoms. The van der Waals surface area contributed by atoms with Crippen LogP contribution in [0.25, 0.3) is 78.3 Å². The Balaban J connectivity index is 1.39. The molecule has 0 radical (unpaired) electrons. The summed E-state index contributed by atoms with van der Waals surface area (Å²) in [6, 6.07) is 53.8. The van der Waals surface area contributed by atoms with E-state index in [1.165, 1.54) is 44.5 Å². The SMILES string of the molecule is Brc1cccc(-c2cc(-c3ccc4c(c3)-c3ccccc3-c3ccccc3-c3ccccc3-4)cc(-c3ccccc3)n2)n1. The number of halogens is 1. The molecule has 0 atom stereocenters. The molecule has 2 aromatic heterocycles. The first-order valence-corrected chi connectivity index (χ1v) is 15.2. The fourth-order valence-corrected chi connectivity index (χ4v) is 6.52. The second kappa shape index (κ2) is 10.6. The van der Waals surface area contributed by atoms with E-state index in [2.05, 4.69) is 143 Å². The number of benzene rings is 5. The van der Waals surface area contributed by atoms with Crippen LogP contribution in [0.5, 0.6) is 0 Å². The third-order valence-electron chi connectivity index (χ3n) is 8.17. The van der Waals surface area contributed by atoms with Gasteiger partial charge in [0.2, 0.25) is 0 Å². The van der Waals surface area contributed by atoms with Crippen molar-refractivity contribution in [2.45, 2.75) is 0 Å². The number of rotatable bonds is 3. The molecule has 2 nitrogen and oxygen atoms in total. The van der Waals surface area contributed by atoms with Crippen LogP contribution in [0.3, 0.4) is 0 Å². The van der Waals surface area contributed by atoms with Crippen molar-refractivity contribution >= 4 is 15.9 Å². The van der Waals surface area contributed by atoms with E-state index in [4.69, 9.17) is 9.97 Å². The average Bonchev–Trinajstić information content (AvgIpc) is 3.08. The van der Waals surface area contributed by atoms with Gasteiger partial charge in [-0.15, -0.1) is 0 Å². The summed E-state index contributed by atoms with van der Waals surface area (Å²) in [5, 5.41) is 0. The Hall–Kier alpha value is -5.12. The first kappa shape index (κ1) is 25.6. The number of hydrogen-bond donors (Lipinski definition) is 0. The summed E-state index contributed by atoms with van der Waals surface area (Å²) in [5.74, 6) is 0. The summed E-state index contributed by atoms with van der Waals surface area (Å²) in [6.07, 6.45) is 0. The van der Waals surface area contributed by atoms with Crippen LogP contribution in [0.4, 0.5) is 0 Å². The Labute approximate surface area is 259 Å². The Morgan fingerprint density at radius 3 is 1.40 bits per heavy atom. The average molecular weight is 614 g/mol. The number of hydrogen-bond acceptors (Lipinski definition) is 2. The zero-order valence-electron chi connectivity index (χ0n) is 23.2. The van der Waals surface area contributed by atoms with Crippen molar-refractivity contribution in [1.29, 1.82) is 0 Å². The van der Waals surface area contributed by atoms with Gasteiger partial charge in [-0.25, -0.2) is 9.97 Å². The standard InChI is InChI=1S/C40H25BrN2/c41-40-20-10-19-37(43-40)39-25-28(24-38(42-39)26-11-2-1-3-12-26)27-21-22-35-33-17-7-6-15-31(33)29-13-4-5-14-30(29)32-16-8-9-18-34(32)36(35)23-27/h1-25H. The van der Waals surface area contributed by atoms with Crippen LogP contribution >= 0.6 is 15.9 Å². The van der Waals surface area contributed by atoms with Gasteiger partial charge in [0, 0.05) is 5.56 Å². The van der Waals surface area contributed by atoms with Crippen LogP contribution < -0.4 is 0 Å². The minimum atomic E-state index is 0.787. The summed E-state index contributed by atoms with van der Waals surface area (Å²) < 4.78 is 0.787. The molecule has 8 rings (SSSR count). The number of nitrogens with zero attached hydrogens (tertiary/aromatic N) is 2. The minimum absolute atomic E-state index is 0.787. The van der Waals surface area contributed by atoms with Gasteiger partial charge >= 0.3 is 0 Å². The summed E-state index contributed by atoms with van der Waals surface area (Å²) in [4.78, 5) is 9.80. The molecule has 5 aromatic carbocycles. The third kappa shape index (κ3) is 4.59. The zero-order valence-corrected chi connectivity index (χ0v) is 24.8. The van der Waals surface area contributed by atoms with Gasteiger partial charge in [-0.05, 0) is 102 Å². The van der Waals surface area contributed by atoms with Crippen molar-refractivity contribution < 1.29 is 0 Å². The lowest BCUT2D eigenvalue weighted by Gasteiger charge is -2.23. The van der Waals surface area contributed by atoms with Gasteiger partial charge in [-0.3, -0.25) is 0 Å². The van der Waals surface area contributed by atoms with Crippen LogP contribution in [0.2, 0.25) is 0 Å². The first-order valence-electron chi connectivity index (χ1n) is 14.4. The van der Waals surface area contributed by atoms with E-state index < -0.39 is 0 Å². The predicted molar refractivity (Wildman–Crippen MR) is 181 cm³/mol. The lowest BCUT2D eigenvalue weighted by Crippen LogP contribution is -1.97. The molecule has 1 aliphatic carbocycles. The van der Waals surface area contributed by atoms with Crippen LogP contribution in [-0.2, 0) is 0 Å². The Morgan fingerprint density at radius 1 is 0.302 bits per heavy atom. The Bertz CT molecular complexity index is 2140. The Morgan fingerprint density at radius 2 is 0.814 bits per heavy atom. The molecule has 2 heterocycles. The molecule has 1 aliphatic rings. The summed E-state index contributed by atoms with van der Waals surface area (Å²) in [7, 11) is 0. The van der Waals surface area contributed by atoms with E-state index in [-0.39, 0.29) is 0 Å². The molecule has 0 amide bonds. The van der Waals surface area contributed by atoms with E-state index in [0.29, 0.717) is 0 Å². The van der Waals surface area contributed by atoms with Gasteiger partial charge in [0.25, 0.3) is 0 Å². The molecular weight excluding hydrogens is 588 g/mol. The quantitative estimate of drug-likeness (QED) is 0.185. The highest BCUT2D eigenvalue weighted by Gasteiger charge is 2.22. The molecule has 43 heavy (non-hydrogen) atoms. The molecule has 0 aliphatic heterocycles. The van der Waals surface area contributed by atoms with Gasteiger partial charge in [-0.2, -0.15) is 0 Å². The topological polar surface area (TPSA) is 25.8 Å². The summed E-state index contributed by atoms with van der Waals surface area (Å²) in [5.41, 5.74) is 15.8. The molecule has 0 saturated heterocycles. The molecule has 0 N–H and O–H groups in total. The van der Waals surface area contributed by atoms with Gasteiger partial charge in [0.05, 0.1) is 17.1 Å². The molecular formula is C40H25BrN2. The molecule has 202 valence electrons. The number of fused-ring (bicyclic) bond motifs is 8. The van der Waals surface area contributed by atoms with Crippen LogP contribution in [-0.4, -0.2) is 9.97 Å². The lowest BCUT2D eigenvalue weighted by atomic mass is 9.80. The molecule has 0 unspecified atom stereocenters. The second-order valence-electron chi connectivity index (χ2n) is 10.7. The number of aromatic nitrogens is 2. The van der Waals surface area contributed by atoms with Crippen LogP contribution in [0.15, 0.2) is 156 Å². The molecule has 0 fully saturated rings. The first-order chi connectivity index (χ1) is 21.2. The highest BCUT2D eigenvalue weighted by Crippen LogP contribution is 2.48. The van der Waals surface area contributed by atoms with Gasteiger partial charge < -0.3 is 0 Å². The minimum Gasteiger partial charge on any atom is -0.246 e. The third-order valence-corrected chi connectivity index (χ3v) is 8.61. The van der Waals surface area contributed by atoms with E-state index in [1.807, 2.05) is 24.3 Å². The largest absolute Gasteiger partial charge is 0.246 e. The van der Waals surface area contributed by atoms with Gasteiger partial charge in [0.15, 0.2) is 0 Å². The van der Waals surface area contributed by atoms with Crippen molar-refractivity contribution in [1.82, 2.24) is 9.97 Å². The van der Waals surface area contributed by atoms with Crippen molar-refractivity contribution in [3.63, 3.8) is 0 Å². The van der Waals surface area contributed by atoms with E-state index >= 15 is 0 Å². The molecule has 0 bridgehead atoms. The monoisotopic (exact) mass is 612 g/mol. The smallest absolute Gasteiger partial charge is 0.106 e. The molecule has 7 aromatic rings. The highest BCUT2D eigenvalue weighted by molar-refractivity contribution is 9.10. The van der Waals surface area contributed by atoms with E-state index in [1.54, 1.807) is 0 Å². The van der Waals surface area contributed by atoms with Crippen molar-refractivity contribution in [3.05, 3.63) is 156 Å². The summed E-state index contributed by atoms with van der Waals surface area (Å²) in [6.45, 7) is 0. The maximum atomic E-state index is 5.06. The van der Waals surface area contributed by atoms with Crippen molar-refractivity contribution in [2.75, 3.05) is 0 Å². The maximum absolute atomic E-state index is 5.06. The highest BCUT2D eigenvalue weighted by atomic mass is 79.9. The zero-order chi connectivity index (χ0) is 28.8. The van der Waals surface area contributed by atoms with Crippen LogP contribution in [0, 0.1) is 0 Å². The fraction of sp³-hybridized carbons (Fsp3) is 0. The van der Waals surface area contributed by atoms with Crippen molar-refractivity contribution in [3.8, 4) is 78.3 Å².